The lowest BCUT2D eigenvalue weighted by Gasteiger charge is -2.40. The molecule has 0 radical (unpaired) electrons. The molecule has 1 aromatic rings. The molecular formula is C29H49ClN4. The van der Waals surface area contributed by atoms with Gasteiger partial charge in [0, 0.05) is 44.6 Å². The second kappa shape index (κ2) is 17.6. The van der Waals surface area contributed by atoms with E-state index in [0.717, 1.165) is 37.4 Å². The maximum absolute atomic E-state index is 6.32. The average molecular weight is 489 g/mol. The van der Waals surface area contributed by atoms with Crippen molar-refractivity contribution in [3.05, 3.63) is 58.4 Å². The summed E-state index contributed by atoms with van der Waals surface area (Å²) >= 11 is 6.32. The van der Waals surface area contributed by atoms with Gasteiger partial charge in [-0.2, -0.15) is 0 Å². The normalized spacial score (nSPS) is 22.4. The van der Waals surface area contributed by atoms with E-state index in [-0.39, 0.29) is 0 Å². The molecule has 1 fully saturated rings. The van der Waals surface area contributed by atoms with Crippen LogP contribution in [0.5, 0.6) is 0 Å². The van der Waals surface area contributed by atoms with Crippen LogP contribution in [0.1, 0.15) is 83.4 Å². The molecular weight excluding hydrogens is 440 g/mol. The van der Waals surface area contributed by atoms with E-state index in [4.69, 9.17) is 17.3 Å². The van der Waals surface area contributed by atoms with E-state index in [1.165, 1.54) is 43.4 Å². The van der Waals surface area contributed by atoms with Gasteiger partial charge in [0.25, 0.3) is 0 Å². The molecule has 0 saturated carbocycles. The highest BCUT2D eigenvalue weighted by Gasteiger charge is 2.28. The third-order valence-electron chi connectivity index (χ3n) is 6.41. The summed E-state index contributed by atoms with van der Waals surface area (Å²) in [6, 6.07) is 6.90. The largest absolute Gasteiger partial charge is 0.403 e. The lowest BCUT2D eigenvalue weighted by molar-refractivity contribution is 0.129. The van der Waals surface area contributed by atoms with E-state index in [2.05, 4.69) is 60.0 Å². The Morgan fingerprint density at radius 2 is 1.97 bits per heavy atom. The Hall–Kier alpha value is -1.78. The van der Waals surface area contributed by atoms with Gasteiger partial charge in [0.15, 0.2) is 0 Å². The highest BCUT2D eigenvalue weighted by Crippen LogP contribution is 2.35. The van der Waals surface area contributed by atoms with Gasteiger partial charge < -0.3 is 15.6 Å². The molecule has 1 aromatic carbocycles. The number of nitrogens with zero attached hydrogens (tertiary/aromatic N) is 3. The molecule has 4 nitrogen and oxygen atoms in total. The Morgan fingerprint density at radius 1 is 1.21 bits per heavy atom. The van der Waals surface area contributed by atoms with E-state index >= 15 is 0 Å². The molecule has 0 aromatic heterocycles. The molecule has 0 bridgehead atoms. The summed E-state index contributed by atoms with van der Waals surface area (Å²) < 4.78 is 0. The van der Waals surface area contributed by atoms with E-state index in [0.29, 0.717) is 12.0 Å². The smallest absolute Gasteiger partial charge is 0.0536 e. The molecule has 2 atom stereocenters. The van der Waals surface area contributed by atoms with Crippen LogP contribution in [0.4, 0.5) is 0 Å². The zero-order chi connectivity index (χ0) is 25.3. The van der Waals surface area contributed by atoms with E-state index in [1.807, 2.05) is 26.3 Å². The van der Waals surface area contributed by atoms with Gasteiger partial charge >= 0.3 is 0 Å². The summed E-state index contributed by atoms with van der Waals surface area (Å²) in [5.41, 5.74) is 10.1. The van der Waals surface area contributed by atoms with Crippen LogP contribution in [0.25, 0.3) is 0 Å². The van der Waals surface area contributed by atoms with Gasteiger partial charge in [-0.25, -0.2) is 0 Å². The fourth-order valence-corrected chi connectivity index (χ4v) is 5.07. The minimum atomic E-state index is 0.380. The first-order valence-electron chi connectivity index (χ1n) is 13.2. The number of likely N-dealkylation sites (tertiary alicyclic amines) is 1. The first-order chi connectivity index (χ1) is 16.5. The monoisotopic (exact) mass is 488 g/mol. The van der Waals surface area contributed by atoms with Crippen LogP contribution in [0.3, 0.4) is 0 Å². The van der Waals surface area contributed by atoms with Crippen molar-refractivity contribution < 1.29 is 0 Å². The van der Waals surface area contributed by atoms with Crippen LogP contribution >= 0.6 is 11.6 Å². The number of hydrogen-bond acceptors (Lipinski definition) is 4. The van der Waals surface area contributed by atoms with Gasteiger partial charge in [-0.15, -0.1) is 0 Å². The molecule has 2 aliphatic rings. The van der Waals surface area contributed by atoms with Crippen LogP contribution < -0.4 is 5.73 Å². The number of benzene rings is 1. The number of aryl methyl sites for hydroxylation is 1. The van der Waals surface area contributed by atoms with Crippen molar-refractivity contribution in [1.82, 2.24) is 9.80 Å². The van der Waals surface area contributed by atoms with Crippen molar-refractivity contribution in [2.75, 3.05) is 33.7 Å². The first-order valence-corrected chi connectivity index (χ1v) is 13.6. The summed E-state index contributed by atoms with van der Waals surface area (Å²) in [6.45, 7) is 11.7. The summed E-state index contributed by atoms with van der Waals surface area (Å²) in [4.78, 5) is 8.64. The predicted octanol–water partition coefficient (Wildman–Crippen LogP) is 7.25. The van der Waals surface area contributed by atoms with E-state index in [1.54, 1.807) is 18.8 Å². The number of allylic oxidation sites excluding steroid dienone is 1. The van der Waals surface area contributed by atoms with Gasteiger partial charge in [0.05, 0.1) is 6.04 Å². The van der Waals surface area contributed by atoms with Gasteiger partial charge in [-0.1, -0.05) is 57.0 Å². The summed E-state index contributed by atoms with van der Waals surface area (Å²) in [5, 5.41) is 0.861. The van der Waals surface area contributed by atoms with Crippen LogP contribution in [0.2, 0.25) is 5.02 Å². The Labute approximate surface area is 215 Å². The SMILES string of the molecule is CC.CC/C1=C/C(N2CCCC(CN(C)/C=C\N)C2)c2ccc(Cl)cc2CCC1.CCC=NC. The van der Waals surface area contributed by atoms with Gasteiger partial charge in [-0.05, 0) is 86.9 Å². The van der Waals surface area contributed by atoms with Crippen LogP contribution in [-0.2, 0) is 6.42 Å². The quantitative estimate of drug-likeness (QED) is 0.338. The van der Waals surface area contributed by atoms with Crippen molar-refractivity contribution in [3.63, 3.8) is 0 Å². The number of nitrogens with two attached hydrogens (primary N) is 1. The van der Waals surface area contributed by atoms with Gasteiger partial charge in [0.1, 0.15) is 0 Å². The zero-order valence-corrected chi connectivity index (χ0v) is 23.3. The Kier molecular flexibility index (Phi) is 15.7. The lowest BCUT2D eigenvalue weighted by Crippen LogP contribution is -2.41. The van der Waals surface area contributed by atoms with Crippen LogP contribution in [-0.4, -0.2) is 49.7 Å². The predicted molar refractivity (Wildman–Crippen MR) is 152 cm³/mol. The Bertz CT molecular complexity index is 771. The number of aliphatic imine (C=N–C) groups is 1. The van der Waals surface area contributed by atoms with Crippen LogP contribution in [0.15, 0.2) is 47.2 Å². The second-order valence-electron chi connectivity index (χ2n) is 8.95. The second-order valence-corrected chi connectivity index (χ2v) is 9.39. The van der Waals surface area contributed by atoms with Crippen molar-refractivity contribution in [3.8, 4) is 0 Å². The minimum absolute atomic E-state index is 0.380. The van der Waals surface area contributed by atoms with Gasteiger partial charge in [0.2, 0.25) is 0 Å². The molecule has 1 heterocycles. The topological polar surface area (TPSA) is 44.9 Å². The van der Waals surface area contributed by atoms with Crippen molar-refractivity contribution >= 4 is 17.8 Å². The third kappa shape index (κ3) is 10.2. The Morgan fingerprint density at radius 3 is 2.59 bits per heavy atom. The van der Waals surface area contributed by atoms with Crippen molar-refractivity contribution in [2.24, 2.45) is 16.6 Å². The number of rotatable bonds is 6. The van der Waals surface area contributed by atoms with Gasteiger partial charge in [-0.3, -0.25) is 4.90 Å². The van der Waals surface area contributed by atoms with Crippen molar-refractivity contribution in [2.45, 2.75) is 78.7 Å². The number of halogens is 1. The first kappa shape index (κ1) is 30.3. The standard InChI is InChI=1S/C23H34ClN3.C4H9N.C2H6/c1-3-18-6-4-8-20-15-21(24)9-10-22(20)23(14-18)27-12-5-7-19(17-27)16-26(2)13-11-25;1-3-4-5-2;1-2/h9-11,13-15,19,23H,3-8,12,16-17,25H2,1-2H3;4H,3H2,1-2H3;1-2H3/b13-11-,18-14-;;. The number of hydrogen-bond donors (Lipinski definition) is 1. The van der Waals surface area contributed by atoms with E-state index in [9.17, 15) is 0 Å². The molecule has 5 heteroatoms. The molecule has 2 unspecified atom stereocenters. The third-order valence-corrected chi connectivity index (χ3v) is 6.65. The molecule has 0 spiro atoms. The van der Waals surface area contributed by atoms with Crippen molar-refractivity contribution in [1.29, 1.82) is 0 Å². The maximum Gasteiger partial charge on any atom is 0.0536 e. The van der Waals surface area contributed by atoms with E-state index < -0.39 is 0 Å². The summed E-state index contributed by atoms with van der Waals surface area (Å²) in [6.07, 6.45) is 16.4. The van der Waals surface area contributed by atoms with Crippen LogP contribution in [0, 0.1) is 5.92 Å². The fourth-order valence-electron chi connectivity index (χ4n) is 4.87. The molecule has 1 saturated heterocycles. The minimum Gasteiger partial charge on any atom is -0.403 e. The molecule has 192 valence electrons. The Balaban J connectivity index is 0.000000733. The molecule has 0 amide bonds. The molecule has 1 aliphatic heterocycles. The number of fused-ring (bicyclic) bond motifs is 1. The molecule has 34 heavy (non-hydrogen) atoms. The number of piperidine rings is 1. The highest BCUT2D eigenvalue weighted by atomic mass is 35.5. The molecule has 1 aliphatic carbocycles. The maximum atomic E-state index is 6.32. The summed E-state index contributed by atoms with van der Waals surface area (Å²) in [7, 11) is 3.90. The highest BCUT2D eigenvalue weighted by molar-refractivity contribution is 6.30. The molecule has 2 N–H and O–H groups in total. The summed E-state index contributed by atoms with van der Waals surface area (Å²) in [5.74, 6) is 0.680. The average Bonchev–Trinajstić information content (AvgIpc) is 2.83. The zero-order valence-electron chi connectivity index (χ0n) is 22.6. The lowest BCUT2D eigenvalue weighted by atomic mass is 9.87. The molecule has 3 rings (SSSR count). The fraction of sp³-hybridized carbons (Fsp3) is 0.621.